The number of aryl methyl sites for hydroxylation is 1. The maximum atomic E-state index is 13.6. The standard InChI is InChI=1S/C32H43NO5/c1-6-28(26(21-16-23-13-9-8-10-14-23)24-17-19-25(37-5)20-18-24)38-31(36)27-15-11-12-22-33(27)30(35)29(34)32(3,4)7-2/h8-10,13-14,17-20,26-28H,6-7,11-12,15-16,21-22H2,1-5H3. The molecule has 206 valence electrons. The molecule has 1 amide bonds. The maximum Gasteiger partial charge on any atom is 0.329 e. The first-order valence-corrected chi connectivity index (χ1v) is 14.0. The van der Waals surface area contributed by atoms with Gasteiger partial charge in [-0.3, -0.25) is 9.59 Å². The van der Waals surface area contributed by atoms with Gasteiger partial charge in [-0.1, -0.05) is 70.2 Å². The lowest BCUT2D eigenvalue weighted by Crippen LogP contribution is -2.53. The van der Waals surface area contributed by atoms with Gasteiger partial charge in [-0.2, -0.15) is 0 Å². The average Bonchev–Trinajstić information content (AvgIpc) is 2.96. The van der Waals surface area contributed by atoms with Gasteiger partial charge in [0.25, 0.3) is 5.91 Å². The molecule has 0 radical (unpaired) electrons. The summed E-state index contributed by atoms with van der Waals surface area (Å²) in [5.41, 5.74) is 1.55. The average molecular weight is 522 g/mol. The van der Waals surface area contributed by atoms with Crippen LogP contribution < -0.4 is 4.74 Å². The van der Waals surface area contributed by atoms with Gasteiger partial charge in [0, 0.05) is 17.9 Å². The minimum Gasteiger partial charge on any atom is -0.497 e. The number of hydrogen-bond acceptors (Lipinski definition) is 5. The summed E-state index contributed by atoms with van der Waals surface area (Å²) in [7, 11) is 1.64. The molecule has 1 heterocycles. The lowest BCUT2D eigenvalue weighted by atomic mass is 9.84. The number of nitrogens with zero attached hydrogens (tertiary/aromatic N) is 1. The molecule has 0 aromatic heterocycles. The first-order chi connectivity index (χ1) is 18.2. The van der Waals surface area contributed by atoms with E-state index < -0.39 is 29.1 Å². The van der Waals surface area contributed by atoms with Gasteiger partial charge in [0.15, 0.2) is 0 Å². The maximum absolute atomic E-state index is 13.6. The minimum atomic E-state index is -0.758. The Morgan fingerprint density at radius 3 is 2.29 bits per heavy atom. The molecule has 38 heavy (non-hydrogen) atoms. The number of ketones is 1. The molecule has 1 aliphatic rings. The van der Waals surface area contributed by atoms with Crippen LogP contribution >= 0.6 is 0 Å². The van der Waals surface area contributed by atoms with Crippen LogP contribution in [0.3, 0.4) is 0 Å². The number of carbonyl (C=O) groups is 3. The molecule has 1 fully saturated rings. The number of benzene rings is 2. The normalized spacial score (nSPS) is 17.4. The third kappa shape index (κ3) is 7.24. The predicted octanol–water partition coefficient (Wildman–Crippen LogP) is 6.12. The summed E-state index contributed by atoms with van der Waals surface area (Å²) in [4.78, 5) is 41.2. The third-order valence-corrected chi connectivity index (χ3v) is 7.98. The van der Waals surface area contributed by atoms with Crippen molar-refractivity contribution in [3.05, 3.63) is 65.7 Å². The Balaban J connectivity index is 1.82. The summed E-state index contributed by atoms with van der Waals surface area (Å²) < 4.78 is 11.5. The number of piperidine rings is 1. The second kappa shape index (κ2) is 13.6. The van der Waals surface area contributed by atoms with Crippen LogP contribution in [0.5, 0.6) is 5.75 Å². The van der Waals surface area contributed by atoms with Crippen molar-refractivity contribution in [2.75, 3.05) is 13.7 Å². The Bertz CT molecular complexity index is 1060. The van der Waals surface area contributed by atoms with Crippen LogP contribution in [0.25, 0.3) is 0 Å². The molecule has 1 saturated heterocycles. The van der Waals surface area contributed by atoms with Crippen LogP contribution in [0.1, 0.15) is 83.3 Å². The number of ether oxygens (including phenoxy) is 2. The highest BCUT2D eigenvalue weighted by atomic mass is 16.5. The Hall–Kier alpha value is -3.15. The fraction of sp³-hybridized carbons (Fsp3) is 0.531. The van der Waals surface area contributed by atoms with Crippen LogP contribution in [0.15, 0.2) is 54.6 Å². The van der Waals surface area contributed by atoms with Gasteiger partial charge >= 0.3 is 5.97 Å². The van der Waals surface area contributed by atoms with Crippen LogP contribution in [0.4, 0.5) is 0 Å². The van der Waals surface area contributed by atoms with Crippen molar-refractivity contribution in [1.82, 2.24) is 4.90 Å². The van der Waals surface area contributed by atoms with E-state index in [4.69, 9.17) is 9.47 Å². The zero-order chi connectivity index (χ0) is 27.7. The van der Waals surface area contributed by atoms with E-state index in [1.54, 1.807) is 21.0 Å². The van der Waals surface area contributed by atoms with Gasteiger partial charge in [0.1, 0.15) is 17.9 Å². The van der Waals surface area contributed by atoms with Crippen molar-refractivity contribution >= 4 is 17.7 Å². The molecule has 0 N–H and O–H groups in total. The van der Waals surface area contributed by atoms with Crippen LogP contribution in [0.2, 0.25) is 0 Å². The number of likely N-dealkylation sites (tertiary alicyclic amines) is 1. The minimum absolute atomic E-state index is 0.0246. The fourth-order valence-electron chi connectivity index (χ4n) is 5.06. The second-order valence-electron chi connectivity index (χ2n) is 10.9. The number of methoxy groups -OCH3 is 1. The van der Waals surface area contributed by atoms with E-state index in [2.05, 4.69) is 12.1 Å². The van der Waals surface area contributed by atoms with Gasteiger partial charge < -0.3 is 14.4 Å². The fourth-order valence-corrected chi connectivity index (χ4v) is 5.06. The molecule has 3 rings (SSSR count). The SMILES string of the molecule is CCC(OC(=O)C1CCCCN1C(=O)C(=O)C(C)(C)CC)C(CCc1ccccc1)c1ccc(OC)cc1. The van der Waals surface area contributed by atoms with E-state index in [0.717, 1.165) is 37.0 Å². The quantitative estimate of drug-likeness (QED) is 0.249. The van der Waals surface area contributed by atoms with E-state index in [9.17, 15) is 14.4 Å². The van der Waals surface area contributed by atoms with Crippen LogP contribution in [-0.2, 0) is 25.5 Å². The van der Waals surface area contributed by atoms with E-state index >= 15 is 0 Å². The van der Waals surface area contributed by atoms with Gasteiger partial charge in [0.05, 0.1) is 7.11 Å². The zero-order valence-electron chi connectivity index (χ0n) is 23.6. The Morgan fingerprint density at radius 2 is 1.68 bits per heavy atom. The molecule has 3 unspecified atom stereocenters. The number of amides is 1. The summed E-state index contributed by atoms with van der Waals surface area (Å²) in [6.45, 7) is 7.88. The molecule has 6 heteroatoms. The molecule has 2 aromatic carbocycles. The first-order valence-electron chi connectivity index (χ1n) is 14.0. The second-order valence-corrected chi connectivity index (χ2v) is 10.9. The summed E-state index contributed by atoms with van der Waals surface area (Å²) in [5.74, 6) is -0.668. The van der Waals surface area contributed by atoms with Gasteiger partial charge in [-0.25, -0.2) is 4.79 Å². The Labute approximate surface area is 227 Å². The Morgan fingerprint density at radius 1 is 1.00 bits per heavy atom. The van der Waals surface area contributed by atoms with Crippen molar-refractivity contribution in [3.8, 4) is 5.75 Å². The molecule has 0 bridgehead atoms. The first kappa shape index (κ1) is 29.4. The lowest BCUT2D eigenvalue weighted by molar-refractivity contribution is -0.165. The van der Waals surface area contributed by atoms with E-state index in [1.807, 2.05) is 56.3 Å². The molecular formula is C32H43NO5. The molecule has 0 spiro atoms. The monoisotopic (exact) mass is 521 g/mol. The smallest absolute Gasteiger partial charge is 0.329 e. The highest BCUT2D eigenvalue weighted by Gasteiger charge is 2.41. The predicted molar refractivity (Wildman–Crippen MR) is 149 cm³/mol. The van der Waals surface area contributed by atoms with Crippen molar-refractivity contribution < 1.29 is 23.9 Å². The van der Waals surface area contributed by atoms with Gasteiger partial charge in [0.2, 0.25) is 5.78 Å². The van der Waals surface area contributed by atoms with E-state index in [0.29, 0.717) is 25.8 Å². The molecular weight excluding hydrogens is 478 g/mol. The lowest BCUT2D eigenvalue weighted by Gasteiger charge is -2.37. The van der Waals surface area contributed by atoms with E-state index in [-0.39, 0.29) is 12.0 Å². The number of rotatable bonds is 12. The molecule has 2 aromatic rings. The van der Waals surface area contributed by atoms with Crippen molar-refractivity contribution in [2.24, 2.45) is 5.41 Å². The van der Waals surface area contributed by atoms with Crippen LogP contribution in [-0.4, -0.2) is 48.4 Å². The largest absolute Gasteiger partial charge is 0.497 e. The molecule has 0 aliphatic carbocycles. The van der Waals surface area contributed by atoms with Gasteiger partial charge in [-0.15, -0.1) is 0 Å². The molecule has 3 atom stereocenters. The summed E-state index contributed by atoms with van der Waals surface area (Å²) in [6, 6.07) is 17.5. The topological polar surface area (TPSA) is 72.9 Å². The molecule has 6 nitrogen and oxygen atoms in total. The number of carbonyl (C=O) groups excluding carboxylic acids is 3. The summed E-state index contributed by atoms with van der Waals surface area (Å²) in [5, 5.41) is 0. The van der Waals surface area contributed by atoms with E-state index in [1.165, 1.54) is 10.5 Å². The highest BCUT2D eigenvalue weighted by Crippen LogP contribution is 2.32. The highest BCUT2D eigenvalue weighted by molar-refractivity contribution is 6.38. The van der Waals surface area contributed by atoms with Crippen molar-refractivity contribution in [3.63, 3.8) is 0 Å². The van der Waals surface area contributed by atoms with Gasteiger partial charge in [-0.05, 0) is 68.2 Å². The van der Waals surface area contributed by atoms with Crippen molar-refractivity contribution in [1.29, 1.82) is 0 Å². The number of Topliss-reactive ketones (excluding diaryl/α,β-unsaturated/α-hetero) is 1. The third-order valence-electron chi connectivity index (χ3n) is 7.98. The number of hydrogen-bond donors (Lipinski definition) is 0. The molecule has 0 saturated carbocycles. The summed E-state index contributed by atoms with van der Waals surface area (Å²) in [6.07, 6.45) is 4.60. The molecule has 1 aliphatic heterocycles. The number of esters is 1. The summed E-state index contributed by atoms with van der Waals surface area (Å²) >= 11 is 0. The van der Waals surface area contributed by atoms with Crippen molar-refractivity contribution in [2.45, 2.75) is 90.7 Å². The van der Waals surface area contributed by atoms with Crippen LogP contribution in [0, 0.1) is 5.41 Å². The zero-order valence-corrected chi connectivity index (χ0v) is 23.6. The Kier molecular flexibility index (Phi) is 10.5.